The highest BCUT2D eigenvalue weighted by Crippen LogP contribution is 2.39. The van der Waals surface area contributed by atoms with E-state index >= 15 is 0 Å². The predicted molar refractivity (Wildman–Crippen MR) is 107 cm³/mol. The van der Waals surface area contributed by atoms with Crippen molar-refractivity contribution < 1.29 is 31.1 Å². The Morgan fingerprint density at radius 3 is 1.87 bits per heavy atom. The van der Waals surface area contributed by atoms with Crippen LogP contribution >= 0.6 is 12.4 Å². The lowest BCUT2D eigenvalue weighted by molar-refractivity contribution is -0.143. The molecule has 2 aromatic rings. The van der Waals surface area contributed by atoms with Gasteiger partial charge in [0.05, 0.1) is 11.1 Å². The fourth-order valence-corrected chi connectivity index (χ4v) is 3.99. The SMILES string of the molecule is Cl.O=C(CCC1(c2ccccc2)CCNCC1)c1cc(C(F)(F)F)cc(C(F)(F)F)c1. The molecule has 0 aliphatic carbocycles. The lowest BCUT2D eigenvalue weighted by Gasteiger charge is -2.38. The fourth-order valence-electron chi connectivity index (χ4n) is 3.99. The Balaban J connectivity index is 0.00000341. The Labute approximate surface area is 182 Å². The van der Waals surface area contributed by atoms with Crippen molar-refractivity contribution in [3.8, 4) is 0 Å². The Kier molecular flexibility index (Phi) is 7.81. The van der Waals surface area contributed by atoms with Crippen molar-refractivity contribution in [3.63, 3.8) is 0 Å². The maximum Gasteiger partial charge on any atom is 0.416 e. The molecule has 2 nitrogen and oxygen atoms in total. The quantitative estimate of drug-likeness (QED) is 0.407. The van der Waals surface area contributed by atoms with Crippen molar-refractivity contribution in [2.45, 2.75) is 43.5 Å². The molecule has 31 heavy (non-hydrogen) atoms. The van der Waals surface area contributed by atoms with Crippen molar-refractivity contribution in [3.05, 3.63) is 70.8 Å². The van der Waals surface area contributed by atoms with Gasteiger partial charge in [0.2, 0.25) is 0 Å². The molecule has 1 N–H and O–H groups in total. The topological polar surface area (TPSA) is 29.1 Å². The second kappa shape index (κ2) is 9.61. The van der Waals surface area contributed by atoms with Gasteiger partial charge >= 0.3 is 12.4 Å². The molecular formula is C22H22ClF6NO. The molecule has 0 radical (unpaired) electrons. The van der Waals surface area contributed by atoms with Crippen LogP contribution in [0.15, 0.2) is 48.5 Å². The highest BCUT2D eigenvalue weighted by molar-refractivity contribution is 5.96. The van der Waals surface area contributed by atoms with Crippen LogP contribution in [0, 0.1) is 0 Å². The molecule has 9 heteroatoms. The van der Waals surface area contributed by atoms with Crippen LogP contribution < -0.4 is 5.32 Å². The minimum atomic E-state index is -4.98. The molecule has 1 aliphatic heterocycles. The van der Waals surface area contributed by atoms with E-state index in [9.17, 15) is 31.1 Å². The van der Waals surface area contributed by atoms with Gasteiger partial charge in [-0.15, -0.1) is 12.4 Å². The van der Waals surface area contributed by atoms with Gasteiger partial charge in [-0.05, 0) is 61.5 Å². The minimum absolute atomic E-state index is 0. The lowest BCUT2D eigenvalue weighted by Crippen LogP contribution is -2.40. The first-order valence-electron chi connectivity index (χ1n) is 9.60. The van der Waals surface area contributed by atoms with Crippen LogP contribution in [0.5, 0.6) is 0 Å². The van der Waals surface area contributed by atoms with Crippen LogP contribution in [0.1, 0.15) is 52.7 Å². The van der Waals surface area contributed by atoms with Crippen molar-refractivity contribution in [1.29, 1.82) is 0 Å². The number of ketones is 1. The molecule has 0 bridgehead atoms. The standard InChI is InChI=1S/C22H21F6NO.ClH/c23-21(24,25)17-12-15(13-18(14-17)22(26,27)28)19(30)6-7-20(8-10-29-11-9-20)16-4-2-1-3-5-16;/h1-5,12-14,29H,6-11H2;1H. The summed E-state index contributed by atoms with van der Waals surface area (Å²) in [6.45, 7) is 1.45. The Morgan fingerprint density at radius 1 is 0.871 bits per heavy atom. The number of carbonyl (C=O) groups is 1. The highest BCUT2D eigenvalue weighted by Gasteiger charge is 2.38. The average Bonchev–Trinajstić information content (AvgIpc) is 2.72. The van der Waals surface area contributed by atoms with E-state index in [1.54, 1.807) is 0 Å². The average molecular weight is 466 g/mol. The first kappa shape index (κ1) is 25.2. The number of rotatable bonds is 5. The van der Waals surface area contributed by atoms with Gasteiger partial charge < -0.3 is 5.32 Å². The molecule has 1 saturated heterocycles. The summed E-state index contributed by atoms with van der Waals surface area (Å²) in [5.41, 5.74) is -2.81. The molecule has 0 unspecified atom stereocenters. The van der Waals surface area contributed by atoms with Crippen LogP contribution in [0.3, 0.4) is 0 Å². The molecule has 3 rings (SSSR count). The van der Waals surface area contributed by atoms with Crippen LogP contribution in [0.4, 0.5) is 26.3 Å². The van der Waals surface area contributed by atoms with Gasteiger partial charge in [-0.1, -0.05) is 30.3 Å². The van der Waals surface area contributed by atoms with Gasteiger partial charge in [0.15, 0.2) is 5.78 Å². The first-order chi connectivity index (χ1) is 14.0. The summed E-state index contributed by atoms with van der Waals surface area (Å²) in [5.74, 6) is -0.722. The number of halogens is 7. The maximum atomic E-state index is 13.1. The molecule has 1 fully saturated rings. The molecule has 0 aromatic heterocycles. The van der Waals surface area contributed by atoms with E-state index in [-0.39, 0.29) is 30.3 Å². The smallest absolute Gasteiger partial charge is 0.317 e. The third-order valence-corrected chi connectivity index (χ3v) is 5.69. The summed E-state index contributed by atoms with van der Waals surface area (Å²) in [5, 5.41) is 3.24. The molecular weight excluding hydrogens is 444 g/mol. The van der Waals surface area contributed by atoms with Crippen molar-refractivity contribution >= 4 is 18.2 Å². The highest BCUT2D eigenvalue weighted by atomic mass is 35.5. The first-order valence-corrected chi connectivity index (χ1v) is 9.60. The van der Waals surface area contributed by atoms with Gasteiger partial charge in [0.1, 0.15) is 0 Å². The third kappa shape index (κ3) is 6.01. The van der Waals surface area contributed by atoms with Crippen LogP contribution in [0.2, 0.25) is 0 Å². The maximum absolute atomic E-state index is 13.1. The Morgan fingerprint density at radius 2 is 1.39 bits per heavy atom. The van der Waals surface area contributed by atoms with E-state index in [1.165, 1.54) is 0 Å². The molecule has 1 heterocycles. The van der Waals surface area contributed by atoms with Crippen molar-refractivity contribution in [2.75, 3.05) is 13.1 Å². The van der Waals surface area contributed by atoms with Gasteiger partial charge in [-0.3, -0.25) is 4.79 Å². The van der Waals surface area contributed by atoms with E-state index in [1.807, 2.05) is 30.3 Å². The van der Waals surface area contributed by atoms with Gasteiger partial charge in [0.25, 0.3) is 0 Å². The number of hydrogen-bond acceptors (Lipinski definition) is 2. The van der Waals surface area contributed by atoms with Gasteiger partial charge in [0, 0.05) is 12.0 Å². The molecule has 170 valence electrons. The Hall–Kier alpha value is -2.06. The van der Waals surface area contributed by atoms with Gasteiger partial charge in [-0.25, -0.2) is 0 Å². The minimum Gasteiger partial charge on any atom is -0.317 e. The Bertz CT molecular complexity index is 857. The zero-order chi connectivity index (χ0) is 22.0. The number of hydrogen-bond donors (Lipinski definition) is 1. The van der Waals surface area contributed by atoms with E-state index < -0.39 is 34.8 Å². The molecule has 0 amide bonds. The number of piperidine rings is 1. The zero-order valence-electron chi connectivity index (χ0n) is 16.4. The molecule has 0 saturated carbocycles. The summed E-state index contributed by atoms with van der Waals surface area (Å²) in [6.07, 6.45) is -8.25. The predicted octanol–water partition coefficient (Wildman–Crippen LogP) is 6.43. The summed E-state index contributed by atoms with van der Waals surface area (Å²) in [7, 11) is 0. The number of benzene rings is 2. The van der Waals surface area contributed by atoms with E-state index in [0.717, 1.165) is 31.5 Å². The number of nitrogens with one attached hydrogen (secondary N) is 1. The summed E-state index contributed by atoms with van der Waals surface area (Å²) in [4.78, 5) is 12.7. The largest absolute Gasteiger partial charge is 0.416 e. The van der Waals surface area contributed by atoms with Crippen LogP contribution in [-0.2, 0) is 17.8 Å². The monoisotopic (exact) mass is 465 g/mol. The summed E-state index contributed by atoms with van der Waals surface area (Å²) < 4.78 is 78.4. The molecule has 1 aliphatic rings. The van der Waals surface area contributed by atoms with Crippen LogP contribution in [-0.4, -0.2) is 18.9 Å². The lowest BCUT2D eigenvalue weighted by atomic mass is 9.69. The molecule has 2 aromatic carbocycles. The second-order valence-electron chi connectivity index (χ2n) is 7.61. The van der Waals surface area contributed by atoms with Crippen molar-refractivity contribution in [1.82, 2.24) is 5.32 Å². The van der Waals surface area contributed by atoms with Crippen LogP contribution in [0.25, 0.3) is 0 Å². The van der Waals surface area contributed by atoms with Crippen molar-refractivity contribution in [2.24, 2.45) is 0 Å². The van der Waals surface area contributed by atoms with E-state index in [0.29, 0.717) is 18.6 Å². The van der Waals surface area contributed by atoms with E-state index in [4.69, 9.17) is 0 Å². The normalized spacial score (nSPS) is 16.5. The summed E-state index contributed by atoms with van der Waals surface area (Å²) in [6, 6.07) is 10.6. The number of carbonyl (C=O) groups excluding carboxylic acids is 1. The van der Waals surface area contributed by atoms with Gasteiger partial charge in [-0.2, -0.15) is 26.3 Å². The third-order valence-electron chi connectivity index (χ3n) is 5.69. The number of alkyl halides is 6. The second-order valence-corrected chi connectivity index (χ2v) is 7.61. The summed E-state index contributed by atoms with van der Waals surface area (Å²) >= 11 is 0. The fraction of sp³-hybridized carbons (Fsp3) is 0.409. The zero-order valence-corrected chi connectivity index (χ0v) is 17.3. The molecule has 0 spiro atoms. The molecule has 0 atom stereocenters. The van der Waals surface area contributed by atoms with E-state index in [2.05, 4.69) is 5.32 Å². The number of Topliss-reactive ketones (excluding diaryl/α,β-unsaturated/α-hetero) is 1.